The molecule has 118 valence electrons. The van der Waals surface area contributed by atoms with E-state index in [-0.39, 0.29) is 24.8 Å². The first kappa shape index (κ1) is 16.5. The van der Waals surface area contributed by atoms with Crippen LogP contribution in [0.4, 0.5) is 0 Å². The van der Waals surface area contributed by atoms with E-state index in [2.05, 4.69) is 33.7 Å². The number of thioether (sulfide) groups is 1. The molecule has 1 aromatic heterocycles. The van der Waals surface area contributed by atoms with Crippen molar-refractivity contribution >= 4 is 17.7 Å². The second kappa shape index (κ2) is 7.42. The monoisotopic (exact) mass is 320 g/mol. The van der Waals surface area contributed by atoms with Crippen LogP contribution in [0, 0.1) is 20.8 Å². The van der Waals surface area contributed by atoms with E-state index < -0.39 is 0 Å². The molecular formula is C15H20N4O2S. The number of aromatic nitrogens is 3. The van der Waals surface area contributed by atoms with Crippen molar-refractivity contribution in [1.29, 1.82) is 0 Å². The highest BCUT2D eigenvalue weighted by Crippen LogP contribution is 2.24. The van der Waals surface area contributed by atoms with Crippen LogP contribution in [0.3, 0.4) is 0 Å². The van der Waals surface area contributed by atoms with Crippen LogP contribution in [0.15, 0.2) is 23.4 Å². The van der Waals surface area contributed by atoms with Gasteiger partial charge in [0, 0.05) is 6.54 Å². The second-order valence-electron chi connectivity index (χ2n) is 5.02. The molecule has 0 aliphatic heterocycles. The van der Waals surface area contributed by atoms with Gasteiger partial charge in [-0.1, -0.05) is 23.9 Å². The number of nitrogens with zero attached hydrogens (tertiary/aromatic N) is 3. The molecule has 2 aromatic rings. The summed E-state index contributed by atoms with van der Waals surface area (Å²) in [6, 6.07) is 6.21. The average Bonchev–Trinajstić information content (AvgIpc) is 2.86. The smallest absolute Gasteiger partial charge is 0.230 e. The van der Waals surface area contributed by atoms with E-state index in [1.807, 2.05) is 25.3 Å². The Labute approximate surface area is 133 Å². The van der Waals surface area contributed by atoms with Gasteiger partial charge >= 0.3 is 0 Å². The zero-order valence-corrected chi connectivity index (χ0v) is 13.8. The SMILES string of the molecule is Cc1ccc(C)c(-n2c(C)nnc2SCC(=O)NCCO)c1. The second-order valence-corrected chi connectivity index (χ2v) is 5.96. The lowest BCUT2D eigenvalue weighted by Gasteiger charge is -2.12. The van der Waals surface area contributed by atoms with Gasteiger partial charge in [0.1, 0.15) is 5.82 Å². The van der Waals surface area contributed by atoms with Crippen molar-refractivity contribution in [3.05, 3.63) is 35.2 Å². The minimum atomic E-state index is -0.132. The van der Waals surface area contributed by atoms with E-state index in [4.69, 9.17) is 5.11 Å². The van der Waals surface area contributed by atoms with Gasteiger partial charge in [0.2, 0.25) is 5.91 Å². The van der Waals surface area contributed by atoms with Gasteiger partial charge in [0.15, 0.2) is 5.16 Å². The Hall–Kier alpha value is -1.86. The van der Waals surface area contributed by atoms with Gasteiger partial charge < -0.3 is 10.4 Å². The summed E-state index contributed by atoms with van der Waals surface area (Å²) >= 11 is 1.33. The Morgan fingerprint density at radius 1 is 1.32 bits per heavy atom. The third-order valence-electron chi connectivity index (χ3n) is 3.17. The zero-order chi connectivity index (χ0) is 16.1. The number of aryl methyl sites for hydroxylation is 3. The van der Waals surface area contributed by atoms with Gasteiger partial charge in [-0.25, -0.2) is 0 Å². The maximum absolute atomic E-state index is 11.7. The molecule has 0 saturated carbocycles. The molecule has 0 aliphatic rings. The molecule has 2 rings (SSSR count). The number of nitrogens with one attached hydrogen (secondary N) is 1. The zero-order valence-electron chi connectivity index (χ0n) is 13.0. The normalized spacial score (nSPS) is 10.7. The summed E-state index contributed by atoms with van der Waals surface area (Å²) in [6.45, 7) is 6.18. The standard InChI is InChI=1S/C15H20N4O2S/c1-10-4-5-11(2)13(8-10)19-12(3)17-18-15(19)22-9-14(21)16-6-7-20/h4-5,8,20H,6-7,9H2,1-3H3,(H,16,21). The Kier molecular flexibility index (Phi) is 5.57. The van der Waals surface area contributed by atoms with Crippen LogP contribution in [0.2, 0.25) is 0 Å². The molecule has 22 heavy (non-hydrogen) atoms. The molecule has 0 aliphatic carbocycles. The molecule has 1 heterocycles. The summed E-state index contributed by atoms with van der Waals surface area (Å²) in [6.07, 6.45) is 0. The van der Waals surface area contributed by atoms with E-state index in [0.717, 1.165) is 22.6 Å². The highest BCUT2D eigenvalue weighted by molar-refractivity contribution is 7.99. The van der Waals surface area contributed by atoms with E-state index >= 15 is 0 Å². The minimum Gasteiger partial charge on any atom is -0.395 e. The van der Waals surface area contributed by atoms with E-state index in [1.165, 1.54) is 11.8 Å². The molecule has 6 nitrogen and oxygen atoms in total. The maximum atomic E-state index is 11.7. The molecule has 0 saturated heterocycles. The van der Waals surface area contributed by atoms with Gasteiger partial charge in [-0.3, -0.25) is 9.36 Å². The number of hydrogen-bond acceptors (Lipinski definition) is 5. The summed E-state index contributed by atoms with van der Waals surface area (Å²) < 4.78 is 1.96. The van der Waals surface area contributed by atoms with Crippen LogP contribution in [0.5, 0.6) is 0 Å². The van der Waals surface area contributed by atoms with E-state index in [1.54, 1.807) is 0 Å². The van der Waals surface area contributed by atoms with Crippen molar-refractivity contribution in [1.82, 2.24) is 20.1 Å². The maximum Gasteiger partial charge on any atom is 0.230 e. The van der Waals surface area contributed by atoms with Crippen molar-refractivity contribution < 1.29 is 9.90 Å². The number of amides is 1. The van der Waals surface area contributed by atoms with Crippen LogP contribution in [-0.4, -0.2) is 44.7 Å². The third kappa shape index (κ3) is 3.86. The number of aliphatic hydroxyl groups excluding tert-OH is 1. The van der Waals surface area contributed by atoms with Crippen molar-refractivity contribution in [3.63, 3.8) is 0 Å². The summed E-state index contributed by atoms with van der Waals surface area (Å²) in [7, 11) is 0. The first-order chi connectivity index (χ1) is 10.5. The quantitative estimate of drug-likeness (QED) is 0.786. The van der Waals surface area contributed by atoms with Crippen molar-refractivity contribution in [2.45, 2.75) is 25.9 Å². The minimum absolute atomic E-state index is 0.0613. The van der Waals surface area contributed by atoms with Crippen LogP contribution in [0.25, 0.3) is 5.69 Å². The predicted octanol–water partition coefficient (Wildman–Crippen LogP) is 1.39. The Morgan fingerprint density at radius 2 is 2.09 bits per heavy atom. The lowest BCUT2D eigenvalue weighted by molar-refractivity contribution is -0.118. The summed E-state index contributed by atoms with van der Waals surface area (Å²) in [5, 5.41) is 20.3. The topological polar surface area (TPSA) is 80.0 Å². The van der Waals surface area contributed by atoms with E-state index in [0.29, 0.717) is 5.16 Å². The Bertz CT molecular complexity index is 670. The van der Waals surface area contributed by atoms with Gasteiger partial charge in [-0.15, -0.1) is 10.2 Å². The first-order valence-corrected chi connectivity index (χ1v) is 8.01. The summed E-state index contributed by atoms with van der Waals surface area (Å²) in [5.41, 5.74) is 3.31. The van der Waals surface area contributed by atoms with Crippen LogP contribution < -0.4 is 5.32 Å². The number of hydrogen-bond donors (Lipinski definition) is 2. The Balaban J connectivity index is 2.21. The molecule has 0 fully saturated rings. The number of carbonyl (C=O) groups excluding carboxylic acids is 1. The molecule has 1 aromatic carbocycles. The molecule has 2 N–H and O–H groups in total. The van der Waals surface area contributed by atoms with Gasteiger partial charge in [-0.2, -0.15) is 0 Å². The predicted molar refractivity (Wildman–Crippen MR) is 86.4 cm³/mol. The molecule has 0 radical (unpaired) electrons. The van der Waals surface area contributed by atoms with Crippen LogP contribution in [-0.2, 0) is 4.79 Å². The molecule has 0 atom stereocenters. The molecule has 1 amide bonds. The fourth-order valence-corrected chi connectivity index (χ4v) is 2.87. The first-order valence-electron chi connectivity index (χ1n) is 7.03. The average molecular weight is 320 g/mol. The molecular weight excluding hydrogens is 300 g/mol. The van der Waals surface area contributed by atoms with Gasteiger partial charge in [0.05, 0.1) is 18.0 Å². The number of aliphatic hydroxyl groups is 1. The largest absolute Gasteiger partial charge is 0.395 e. The Morgan fingerprint density at radius 3 is 2.82 bits per heavy atom. The van der Waals surface area contributed by atoms with Gasteiger partial charge in [0.25, 0.3) is 0 Å². The van der Waals surface area contributed by atoms with Crippen molar-refractivity contribution in [2.24, 2.45) is 0 Å². The molecule has 0 spiro atoms. The fraction of sp³-hybridized carbons (Fsp3) is 0.400. The lowest BCUT2D eigenvalue weighted by Crippen LogP contribution is -2.28. The van der Waals surface area contributed by atoms with Crippen LogP contribution >= 0.6 is 11.8 Å². The lowest BCUT2D eigenvalue weighted by atomic mass is 10.1. The summed E-state index contributed by atoms with van der Waals surface area (Å²) in [4.78, 5) is 11.7. The van der Waals surface area contributed by atoms with E-state index in [9.17, 15) is 4.79 Å². The fourth-order valence-electron chi connectivity index (χ4n) is 2.05. The molecule has 0 unspecified atom stereocenters. The number of benzene rings is 1. The highest BCUT2D eigenvalue weighted by atomic mass is 32.2. The number of carbonyl (C=O) groups is 1. The van der Waals surface area contributed by atoms with Crippen molar-refractivity contribution in [3.8, 4) is 5.69 Å². The molecule has 0 bridgehead atoms. The number of rotatable bonds is 6. The van der Waals surface area contributed by atoms with Gasteiger partial charge in [-0.05, 0) is 38.0 Å². The highest BCUT2D eigenvalue weighted by Gasteiger charge is 2.14. The van der Waals surface area contributed by atoms with Crippen LogP contribution in [0.1, 0.15) is 17.0 Å². The third-order valence-corrected chi connectivity index (χ3v) is 4.10. The van der Waals surface area contributed by atoms with Crippen molar-refractivity contribution in [2.75, 3.05) is 18.9 Å². The summed E-state index contributed by atoms with van der Waals surface area (Å²) in [5.74, 6) is 0.891. The molecule has 7 heteroatoms.